The second kappa shape index (κ2) is 5.82. The fourth-order valence-corrected chi connectivity index (χ4v) is 2.67. The lowest BCUT2D eigenvalue weighted by Crippen LogP contribution is -2.10. The summed E-state index contributed by atoms with van der Waals surface area (Å²) in [7, 11) is 0. The molecule has 108 valence electrons. The van der Waals surface area contributed by atoms with Crippen molar-refractivity contribution in [3.63, 3.8) is 0 Å². The average Bonchev–Trinajstić information content (AvgIpc) is 2.76. The quantitative estimate of drug-likeness (QED) is 0.786. The van der Waals surface area contributed by atoms with Crippen molar-refractivity contribution in [2.75, 3.05) is 0 Å². The highest BCUT2D eigenvalue weighted by Crippen LogP contribution is 2.24. The number of nitrogens with zero attached hydrogens (tertiary/aromatic N) is 2. The van der Waals surface area contributed by atoms with Crippen molar-refractivity contribution >= 4 is 0 Å². The van der Waals surface area contributed by atoms with Crippen molar-refractivity contribution in [1.82, 2.24) is 9.55 Å². The molecule has 0 aliphatic rings. The van der Waals surface area contributed by atoms with Crippen LogP contribution in [0.5, 0.6) is 0 Å². The standard InChI is InChI=1S/C18H26N2/c1-6-7-17-19-10-11-20(17)16-9-8-15(12-14(16)2)13-18(3,4)5/h8-12H,6-7,13H2,1-5H3. The van der Waals surface area contributed by atoms with Crippen LogP contribution in [0.15, 0.2) is 30.6 Å². The molecular weight excluding hydrogens is 244 g/mol. The number of hydrogen-bond acceptors (Lipinski definition) is 1. The van der Waals surface area contributed by atoms with Crippen molar-refractivity contribution in [1.29, 1.82) is 0 Å². The third kappa shape index (κ3) is 3.50. The molecule has 0 N–H and O–H groups in total. The fraction of sp³-hybridized carbons (Fsp3) is 0.500. The first kappa shape index (κ1) is 14.8. The predicted molar refractivity (Wildman–Crippen MR) is 85.5 cm³/mol. The maximum absolute atomic E-state index is 4.47. The maximum atomic E-state index is 4.47. The number of benzene rings is 1. The van der Waals surface area contributed by atoms with Gasteiger partial charge in [0.15, 0.2) is 0 Å². The highest BCUT2D eigenvalue weighted by atomic mass is 15.1. The summed E-state index contributed by atoms with van der Waals surface area (Å²) in [5, 5.41) is 0. The Hall–Kier alpha value is -1.57. The van der Waals surface area contributed by atoms with E-state index in [2.05, 4.69) is 68.6 Å². The van der Waals surface area contributed by atoms with Crippen LogP contribution in [-0.2, 0) is 12.8 Å². The first-order chi connectivity index (χ1) is 9.40. The summed E-state index contributed by atoms with van der Waals surface area (Å²) in [5.41, 5.74) is 4.32. The van der Waals surface area contributed by atoms with E-state index in [-0.39, 0.29) is 0 Å². The van der Waals surface area contributed by atoms with Crippen molar-refractivity contribution < 1.29 is 0 Å². The van der Waals surface area contributed by atoms with E-state index in [4.69, 9.17) is 0 Å². The number of aryl methyl sites for hydroxylation is 2. The minimum absolute atomic E-state index is 0.330. The molecule has 1 aromatic heterocycles. The summed E-state index contributed by atoms with van der Waals surface area (Å²) >= 11 is 0. The number of imidazole rings is 1. The molecule has 0 bridgehead atoms. The largest absolute Gasteiger partial charge is 0.304 e. The second-order valence-electron chi connectivity index (χ2n) is 6.82. The van der Waals surface area contributed by atoms with Crippen molar-refractivity contribution in [3.8, 4) is 5.69 Å². The van der Waals surface area contributed by atoms with E-state index in [1.54, 1.807) is 0 Å². The maximum Gasteiger partial charge on any atom is 0.113 e. The molecular formula is C18H26N2. The summed E-state index contributed by atoms with van der Waals surface area (Å²) in [6, 6.07) is 6.80. The van der Waals surface area contributed by atoms with Crippen LogP contribution < -0.4 is 0 Å². The lowest BCUT2D eigenvalue weighted by Gasteiger charge is -2.19. The Morgan fingerprint density at radius 3 is 2.55 bits per heavy atom. The highest BCUT2D eigenvalue weighted by molar-refractivity contribution is 5.44. The van der Waals surface area contributed by atoms with E-state index >= 15 is 0 Å². The molecule has 2 nitrogen and oxygen atoms in total. The molecule has 0 atom stereocenters. The van der Waals surface area contributed by atoms with Gasteiger partial charge in [-0.25, -0.2) is 4.98 Å². The molecule has 1 heterocycles. The topological polar surface area (TPSA) is 17.8 Å². The third-order valence-electron chi connectivity index (χ3n) is 3.45. The predicted octanol–water partition coefficient (Wildman–Crippen LogP) is 4.72. The molecule has 2 heteroatoms. The fourth-order valence-electron chi connectivity index (χ4n) is 2.67. The second-order valence-corrected chi connectivity index (χ2v) is 6.82. The number of rotatable bonds is 4. The van der Waals surface area contributed by atoms with Gasteiger partial charge >= 0.3 is 0 Å². The normalized spacial score (nSPS) is 11.8. The molecule has 0 saturated carbocycles. The Morgan fingerprint density at radius 2 is 1.95 bits per heavy atom. The van der Waals surface area contributed by atoms with Gasteiger partial charge in [0.2, 0.25) is 0 Å². The minimum Gasteiger partial charge on any atom is -0.304 e. The molecule has 2 aromatic rings. The van der Waals surface area contributed by atoms with Crippen LogP contribution in [-0.4, -0.2) is 9.55 Å². The van der Waals surface area contributed by atoms with Gasteiger partial charge in [-0.3, -0.25) is 0 Å². The van der Waals surface area contributed by atoms with Gasteiger partial charge in [-0.1, -0.05) is 39.8 Å². The summed E-state index contributed by atoms with van der Waals surface area (Å²) in [6.45, 7) is 11.2. The van der Waals surface area contributed by atoms with Crippen LogP contribution in [0.4, 0.5) is 0 Å². The minimum atomic E-state index is 0.330. The number of aromatic nitrogens is 2. The van der Waals surface area contributed by atoms with E-state index in [1.165, 1.54) is 16.8 Å². The van der Waals surface area contributed by atoms with Crippen LogP contribution in [0.25, 0.3) is 5.69 Å². The van der Waals surface area contributed by atoms with Gasteiger partial charge in [0.25, 0.3) is 0 Å². The van der Waals surface area contributed by atoms with Gasteiger partial charge in [0.1, 0.15) is 5.82 Å². The Kier molecular flexibility index (Phi) is 4.32. The van der Waals surface area contributed by atoms with Gasteiger partial charge in [0.05, 0.1) is 0 Å². The zero-order chi connectivity index (χ0) is 14.8. The molecule has 0 fully saturated rings. The van der Waals surface area contributed by atoms with Crippen LogP contribution in [0.2, 0.25) is 0 Å². The summed E-state index contributed by atoms with van der Waals surface area (Å²) in [6.07, 6.45) is 7.22. The molecule has 0 aliphatic carbocycles. The first-order valence-electron chi connectivity index (χ1n) is 7.53. The Bertz CT molecular complexity index is 573. The van der Waals surface area contributed by atoms with Crippen LogP contribution >= 0.6 is 0 Å². The van der Waals surface area contributed by atoms with E-state index in [0.717, 1.165) is 25.1 Å². The molecule has 0 aliphatic heterocycles. The monoisotopic (exact) mass is 270 g/mol. The smallest absolute Gasteiger partial charge is 0.113 e. The Balaban J connectivity index is 2.32. The average molecular weight is 270 g/mol. The molecule has 1 aromatic carbocycles. The van der Waals surface area contributed by atoms with Crippen molar-refractivity contribution in [2.45, 2.75) is 53.9 Å². The molecule has 0 amide bonds. The Morgan fingerprint density at radius 1 is 1.20 bits per heavy atom. The summed E-state index contributed by atoms with van der Waals surface area (Å²) in [5.74, 6) is 1.15. The van der Waals surface area contributed by atoms with Gasteiger partial charge < -0.3 is 4.57 Å². The van der Waals surface area contributed by atoms with Crippen molar-refractivity contribution in [2.24, 2.45) is 5.41 Å². The van der Waals surface area contributed by atoms with E-state index in [0.29, 0.717) is 5.41 Å². The number of hydrogen-bond donors (Lipinski definition) is 0. The Labute approximate surface area is 122 Å². The third-order valence-corrected chi connectivity index (χ3v) is 3.45. The van der Waals surface area contributed by atoms with Crippen LogP contribution in [0.3, 0.4) is 0 Å². The molecule has 20 heavy (non-hydrogen) atoms. The zero-order valence-corrected chi connectivity index (χ0v) is 13.4. The lowest BCUT2D eigenvalue weighted by molar-refractivity contribution is 0.411. The molecule has 0 saturated heterocycles. The zero-order valence-electron chi connectivity index (χ0n) is 13.4. The van der Waals surface area contributed by atoms with Gasteiger partial charge in [-0.05, 0) is 42.4 Å². The molecule has 0 spiro atoms. The SMILES string of the molecule is CCCc1nccn1-c1ccc(CC(C)(C)C)cc1C. The molecule has 0 unspecified atom stereocenters. The van der Waals surface area contributed by atoms with Crippen LogP contribution in [0.1, 0.15) is 51.1 Å². The summed E-state index contributed by atoms with van der Waals surface area (Å²) in [4.78, 5) is 4.47. The van der Waals surface area contributed by atoms with E-state index in [1.807, 2.05) is 6.20 Å². The van der Waals surface area contributed by atoms with Crippen LogP contribution in [0, 0.1) is 12.3 Å². The van der Waals surface area contributed by atoms with E-state index < -0.39 is 0 Å². The van der Waals surface area contributed by atoms with Gasteiger partial charge in [0, 0.05) is 24.5 Å². The summed E-state index contributed by atoms with van der Waals surface area (Å²) < 4.78 is 2.22. The van der Waals surface area contributed by atoms with Crippen molar-refractivity contribution in [3.05, 3.63) is 47.5 Å². The lowest BCUT2D eigenvalue weighted by atomic mass is 9.87. The van der Waals surface area contributed by atoms with E-state index in [9.17, 15) is 0 Å². The first-order valence-corrected chi connectivity index (χ1v) is 7.53. The van der Waals surface area contributed by atoms with Gasteiger partial charge in [-0.15, -0.1) is 0 Å². The molecule has 0 radical (unpaired) electrons. The molecule has 2 rings (SSSR count). The van der Waals surface area contributed by atoms with Gasteiger partial charge in [-0.2, -0.15) is 0 Å². The highest BCUT2D eigenvalue weighted by Gasteiger charge is 2.13.